The summed E-state index contributed by atoms with van der Waals surface area (Å²) in [6.07, 6.45) is 3.95. The summed E-state index contributed by atoms with van der Waals surface area (Å²) in [5.74, 6) is 1.79. The van der Waals surface area contributed by atoms with Crippen LogP contribution in [-0.2, 0) is 20.4 Å². The first-order valence-electron chi connectivity index (χ1n) is 9.30. The van der Waals surface area contributed by atoms with Crippen molar-refractivity contribution < 1.29 is 29.2 Å². The first-order chi connectivity index (χ1) is 13.0. The fourth-order valence-electron chi connectivity index (χ4n) is 3.09. The number of rotatable bonds is 1. The van der Waals surface area contributed by atoms with Crippen molar-refractivity contribution in [1.82, 2.24) is 0 Å². The van der Waals surface area contributed by atoms with Gasteiger partial charge in [0.15, 0.2) is 0 Å². The van der Waals surface area contributed by atoms with Gasteiger partial charge in [0.05, 0.1) is 0 Å². The standard InChI is InChI=1S/C18H24FNP.C6H4F.Pd/c1-17(2,3)21(18(4,5)6)12-14-11-10-13-8-7-9-15(19)16(13)20-14;7-6-4-2-1-3-5-6;/h7-12H,1-6H3;2-5H;/q2*-1;+2/b14-12-;;. The van der Waals surface area contributed by atoms with Crippen molar-refractivity contribution in [3.05, 3.63) is 88.6 Å². The van der Waals surface area contributed by atoms with Gasteiger partial charge in [-0.2, -0.15) is 18.2 Å². The molecule has 2 aromatic rings. The zero-order valence-electron chi connectivity index (χ0n) is 17.7. The fraction of sp³-hybridized carbons (Fsp3) is 0.333. The second-order valence-corrected chi connectivity index (χ2v) is 12.3. The number of allylic oxidation sites excluding steroid dienone is 1. The maximum atomic E-state index is 13.9. The van der Waals surface area contributed by atoms with Gasteiger partial charge in [-0.1, -0.05) is 85.3 Å². The van der Waals surface area contributed by atoms with Gasteiger partial charge in [-0.05, 0) is 21.9 Å². The van der Waals surface area contributed by atoms with Crippen molar-refractivity contribution in [1.29, 1.82) is 0 Å². The van der Waals surface area contributed by atoms with Gasteiger partial charge < -0.3 is 5.32 Å². The number of nitrogens with zero attached hydrogens (tertiary/aromatic N) is 1. The van der Waals surface area contributed by atoms with Gasteiger partial charge in [-0.3, -0.25) is 0 Å². The second-order valence-electron chi connectivity index (χ2n) is 8.61. The molecule has 0 unspecified atom stereocenters. The minimum absolute atomic E-state index is 0. The molecule has 1 heterocycles. The second kappa shape index (κ2) is 10.6. The third-order valence-electron chi connectivity index (χ3n) is 4.08. The van der Waals surface area contributed by atoms with Crippen molar-refractivity contribution in [3.8, 4) is 0 Å². The van der Waals surface area contributed by atoms with Crippen molar-refractivity contribution >= 4 is 19.7 Å². The van der Waals surface area contributed by atoms with Crippen LogP contribution in [0.1, 0.15) is 47.1 Å². The van der Waals surface area contributed by atoms with E-state index < -0.39 is 7.92 Å². The molecule has 5 heteroatoms. The molecular weight excluding hydrogens is 478 g/mol. The van der Waals surface area contributed by atoms with Crippen LogP contribution < -0.4 is 0 Å². The van der Waals surface area contributed by atoms with Crippen LogP contribution >= 0.6 is 7.92 Å². The summed E-state index contributed by atoms with van der Waals surface area (Å²) in [5, 5.41) is 4.92. The van der Waals surface area contributed by atoms with E-state index in [1.807, 2.05) is 18.2 Å². The van der Waals surface area contributed by atoms with Crippen LogP contribution in [0.25, 0.3) is 11.4 Å². The average Bonchev–Trinajstić information content (AvgIpc) is 2.59. The molecule has 0 fully saturated rings. The van der Waals surface area contributed by atoms with Crippen LogP contribution in [0.2, 0.25) is 0 Å². The predicted octanol–water partition coefficient (Wildman–Crippen LogP) is 8.40. The molecule has 0 amide bonds. The van der Waals surface area contributed by atoms with E-state index in [4.69, 9.17) is 0 Å². The van der Waals surface area contributed by atoms with E-state index >= 15 is 0 Å². The van der Waals surface area contributed by atoms with Gasteiger partial charge in [0.2, 0.25) is 0 Å². The van der Waals surface area contributed by atoms with Crippen LogP contribution in [-0.4, -0.2) is 10.3 Å². The molecule has 0 N–H and O–H groups in total. The van der Waals surface area contributed by atoms with E-state index in [1.54, 1.807) is 6.07 Å². The summed E-state index contributed by atoms with van der Waals surface area (Å²) in [7, 11) is -0.394. The molecule has 1 nitrogen and oxygen atoms in total. The third-order valence-corrected chi connectivity index (χ3v) is 7.49. The molecule has 1 aliphatic rings. The number of benzene rings is 2. The van der Waals surface area contributed by atoms with Crippen LogP contribution in [0.5, 0.6) is 0 Å². The Balaban J connectivity index is 0.000000445. The summed E-state index contributed by atoms with van der Waals surface area (Å²) in [6.45, 7) is 13.6. The van der Waals surface area contributed by atoms with E-state index in [2.05, 4.69) is 58.7 Å². The summed E-state index contributed by atoms with van der Waals surface area (Å²) < 4.78 is 25.8. The van der Waals surface area contributed by atoms with E-state index in [9.17, 15) is 8.78 Å². The number of para-hydroxylation sites is 1. The molecule has 158 valence electrons. The molecule has 2 aromatic carbocycles. The number of halogens is 2. The smallest absolute Gasteiger partial charge is 0.655 e. The summed E-state index contributed by atoms with van der Waals surface area (Å²) in [6, 6.07) is 13.6. The van der Waals surface area contributed by atoms with Crippen LogP contribution in [0.3, 0.4) is 0 Å². The first kappa shape index (κ1) is 25.7. The Bertz CT molecular complexity index is 835. The van der Waals surface area contributed by atoms with E-state index in [-0.39, 0.29) is 42.4 Å². The number of hydrogen-bond acceptors (Lipinski definition) is 0. The zero-order valence-corrected chi connectivity index (χ0v) is 20.2. The molecule has 3 rings (SSSR count). The van der Waals surface area contributed by atoms with E-state index in [0.717, 1.165) is 11.3 Å². The largest absolute Gasteiger partial charge is 2.00 e. The molecule has 0 atom stereocenters. The zero-order chi connectivity index (χ0) is 20.9. The average molecular weight is 506 g/mol. The number of hydrogen-bond donors (Lipinski definition) is 0. The first-order valence-corrected chi connectivity index (χ1v) is 10.7. The summed E-state index contributed by atoms with van der Waals surface area (Å²) in [5.41, 5.74) is 2.19. The van der Waals surface area contributed by atoms with Gasteiger partial charge in [-0.25, -0.2) is 8.78 Å². The Morgan fingerprint density at radius 1 is 0.897 bits per heavy atom. The molecule has 0 bridgehead atoms. The Kier molecular flexibility index (Phi) is 9.42. The number of fused-ring (bicyclic) bond motifs is 1. The van der Waals surface area contributed by atoms with Crippen molar-refractivity contribution in [2.45, 2.75) is 51.9 Å². The topological polar surface area (TPSA) is 14.1 Å². The van der Waals surface area contributed by atoms with Crippen LogP contribution in [0.15, 0.2) is 60.1 Å². The van der Waals surface area contributed by atoms with Crippen molar-refractivity contribution in [3.63, 3.8) is 0 Å². The fourth-order valence-corrected chi connectivity index (χ4v) is 6.29. The third kappa shape index (κ3) is 7.78. The van der Waals surface area contributed by atoms with Crippen molar-refractivity contribution in [2.24, 2.45) is 0 Å². The van der Waals surface area contributed by atoms with E-state index in [0.29, 0.717) is 5.69 Å². The minimum atomic E-state index is -0.394. The van der Waals surface area contributed by atoms with Crippen LogP contribution in [0.4, 0.5) is 14.5 Å². The summed E-state index contributed by atoms with van der Waals surface area (Å²) >= 11 is 0. The molecule has 1 aliphatic heterocycles. The Morgan fingerprint density at radius 3 is 1.97 bits per heavy atom. The predicted molar refractivity (Wildman–Crippen MR) is 118 cm³/mol. The van der Waals surface area contributed by atoms with Gasteiger partial charge in [0.25, 0.3) is 0 Å². The molecule has 0 radical (unpaired) electrons. The van der Waals surface area contributed by atoms with Gasteiger partial charge in [0, 0.05) is 5.82 Å². The van der Waals surface area contributed by atoms with Gasteiger partial charge >= 0.3 is 20.4 Å². The summed E-state index contributed by atoms with van der Waals surface area (Å²) in [4.78, 5) is 0. The molecular formula is C24H28F2NPPd. The Morgan fingerprint density at radius 2 is 1.48 bits per heavy atom. The van der Waals surface area contributed by atoms with E-state index in [1.165, 1.54) is 30.3 Å². The Labute approximate surface area is 189 Å². The molecule has 29 heavy (non-hydrogen) atoms. The SMILES string of the molecule is CC(C)(C)P(/C=C1/C=Cc2cccc(F)c2[N-]1)C(C)(C)C.Fc1cc[c-]cc1.[Pd+2]. The molecule has 0 saturated carbocycles. The monoisotopic (exact) mass is 505 g/mol. The molecule has 0 aliphatic carbocycles. The maximum Gasteiger partial charge on any atom is 2.00 e. The minimum Gasteiger partial charge on any atom is -0.655 e. The van der Waals surface area contributed by atoms with Crippen LogP contribution in [0, 0.1) is 17.7 Å². The molecule has 0 aromatic heterocycles. The van der Waals surface area contributed by atoms with Gasteiger partial charge in [-0.15, -0.1) is 17.8 Å². The normalized spacial score (nSPS) is 14.4. The van der Waals surface area contributed by atoms with Gasteiger partial charge in [0.1, 0.15) is 5.82 Å². The molecule has 0 saturated heterocycles. The molecule has 0 spiro atoms. The Hall–Kier alpha value is -1.33. The quantitative estimate of drug-likeness (QED) is 0.210. The maximum absolute atomic E-state index is 13.9. The van der Waals surface area contributed by atoms with Crippen molar-refractivity contribution in [2.75, 3.05) is 0 Å².